The molecule has 0 aliphatic heterocycles. The van der Waals surface area contributed by atoms with E-state index in [2.05, 4.69) is 5.32 Å². The van der Waals surface area contributed by atoms with Crippen molar-refractivity contribution in [3.8, 4) is 0 Å². The van der Waals surface area contributed by atoms with Crippen LogP contribution in [0.4, 0.5) is 0 Å². The summed E-state index contributed by atoms with van der Waals surface area (Å²) in [5.41, 5.74) is 0.552. The molecule has 1 rings (SSSR count). The molecule has 2 N–H and O–H groups in total. The van der Waals surface area contributed by atoms with Crippen molar-refractivity contribution in [2.75, 3.05) is 0 Å². The zero-order valence-electron chi connectivity index (χ0n) is 10.1. The summed E-state index contributed by atoms with van der Waals surface area (Å²) in [7, 11) is 0. The number of Topliss-reactive ketones (excluding diaryl/α,β-unsaturated/α-hetero) is 1. The molecule has 1 aromatic rings. The van der Waals surface area contributed by atoms with Gasteiger partial charge < -0.3 is 10.4 Å². The summed E-state index contributed by atoms with van der Waals surface area (Å²) in [5, 5.41) is 10.9. The van der Waals surface area contributed by atoms with Crippen LogP contribution in [-0.2, 0) is 9.59 Å². The van der Waals surface area contributed by atoms with Crippen LogP contribution >= 0.6 is 0 Å². The molecule has 0 saturated carbocycles. The second kappa shape index (κ2) is 6.54. The third-order valence-electron chi connectivity index (χ3n) is 2.42. The van der Waals surface area contributed by atoms with Gasteiger partial charge in [0.1, 0.15) is 6.04 Å². The van der Waals surface area contributed by atoms with Gasteiger partial charge in [0, 0.05) is 18.4 Å². The summed E-state index contributed by atoms with van der Waals surface area (Å²) in [6.07, 6.45) is 0.0630. The largest absolute Gasteiger partial charge is 0.480 e. The standard InChI is InChI=1S/C13H15NO4/c1-9(13(17)18)14-12(16)8-7-11(15)10-5-3-2-4-6-10/h2-6,9H,7-8H2,1H3,(H,14,16)(H,17,18)/t9-/m0/s1. The van der Waals surface area contributed by atoms with Crippen LogP contribution in [0.5, 0.6) is 0 Å². The first-order chi connectivity index (χ1) is 8.50. The third-order valence-corrected chi connectivity index (χ3v) is 2.42. The van der Waals surface area contributed by atoms with Gasteiger partial charge in [-0.05, 0) is 6.92 Å². The number of benzene rings is 1. The fourth-order valence-electron chi connectivity index (χ4n) is 1.37. The second-order valence-electron chi connectivity index (χ2n) is 3.92. The number of carboxylic acids is 1. The van der Waals surface area contributed by atoms with Crippen LogP contribution in [0.25, 0.3) is 0 Å². The van der Waals surface area contributed by atoms with Crippen LogP contribution in [0.15, 0.2) is 30.3 Å². The maximum Gasteiger partial charge on any atom is 0.325 e. The van der Waals surface area contributed by atoms with Crippen molar-refractivity contribution in [1.29, 1.82) is 0 Å². The number of ketones is 1. The number of aliphatic carboxylic acids is 1. The SMILES string of the molecule is C[C@H](NC(=O)CCC(=O)c1ccccc1)C(=O)O. The highest BCUT2D eigenvalue weighted by molar-refractivity contribution is 5.98. The number of hydrogen-bond donors (Lipinski definition) is 2. The fourth-order valence-corrected chi connectivity index (χ4v) is 1.37. The first-order valence-electron chi connectivity index (χ1n) is 5.61. The molecule has 0 aliphatic rings. The lowest BCUT2D eigenvalue weighted by molar-refractivity contribution is -0.141. The topological polar surface area (TPSA) is 83.5 Å². The summed E-state index contributed by atoms with van der Waals surface area (Å²) in [6, 6.07) is 7.72. The second-order valence-corrected chi connectivity index (χ2v) is 3.92. The van der Waals surface area contributed by atoms with Crippen LogP contribution in [-0.4, -0.2) is 28.8 Å². The van der Waals surface area contributed by atoms with Crippen LogP contribution in [0, 0.1) is 0 Å². The molecule has 5 nitrogen and oxygen atoms in total. The number of carbonyl (C=O) groups excluding carboxylic acids is 2. The van der Waals surface area contributed by atoms with Gasteiger partial charge in [-0.1, -0.05) is 30.3 Å². The van der Waals surface area contributed by atoms with E-state index in [9.17, 15) is 14.4 Å². The van der Waals surface area contributed by atoms with E-state index in [1.54, 1.807) is 30.3 Å². The first kappa shape index (κ1) is 13.9. The zero-order chi connectivity index (χ0) is 13.5. The molecular weight excluding hydrogens is 234 g/mol. The highest BCUT2D eigenvalue weighted by Crippen LogP contribution is 2.05. The lowest BCUT2D eigenvalue weighted by Gasteiger charge is -2.08. The maximum atomic E-state index is 11.7. The molecule has 0 aromatic heterocycles. The molecule has 1 amide bonds. The lowest BCUT2D eigenvalue weighted by atomic mass is 10.1. The summed E-state index contributed by atoms with van der Waals surface area (Å²) in [4.78, 5) is 33.6. The Bertz CT molecular complexity index is 442. The quantitative estimate of drug-likeness (QED) is 0.743. The van der Waals surface area contributed by atoms with Gasteiger partial charge in [0.25, 0.3) is 0 Å². The lowest BCUT2D eigenvalue weighted by Crippen LogP contribution is -2.38. The molecule has 1 atom stereocenters. The average molecular weight is 249 g/mol. The van der Waals surface area contributed by atoms with Crippen molar-refractivity contribution in [3.05, 3.63) is 35.9 Å². The van der Waals surface area contributed by atoms with E-state index in [0.717, 1.165) is 0 Å². The van der Waals surface area contributed by atoms with Crippen LogP contribution in [0.3, 0.4) is 0 Å². The molecule has 1 aromatic carbocycles. The molecule has 5 heteroatoms. The summed E-state index contributed by atoms with van der Waals surface area (Å²) < 4.78 is 0. The van der Waals surface area contributed by atoms with Crippen molar-refractivity contribution < 1.29 is 19.5 Å². The molecule has 0 heterocycles. The molecule has 96 valence electrons. The minimum atomic E-state index is -1.10. The Morgan fingerprint density at radius 3 is 2.33 bits per heavy atom. The van der Waals surface area contributed by atoms with Crippen LogP contribution in [0.1, 0.15) is 30.1 Å². The van der Waals surface area contributed by atoms with Crippen molar-refractivity contribution in [3.63, 3.8) is 0 Å². The minimum absolute atomic E-state index is 0.00858. The van der Waals surface area contributed by atoms with E-state index in [0.29, 0.717) is 5.56 Å². The van der Waals surface area contributed by atoms with Gasteiger partial charge in [-0.25, -0.2) is 0 Å². The van der Waals surface area contributed by atoms with E-state index < -0.39 is 17.9 Å². The molecular formula is C13H15NO4. The Balaban J connectivity index is 2.40. The summed E-state index contributed by atoms with van der Waals surface area (Å²) >= 11 is 0. The number of rotatable bonds is 6. The normalized spacial score (nSPS) is 11.6. The van der Waals surface area contributed by atoms with Gasteiger partial charge >= 0.3 is 5.97 Å². The smallest absolute Gasteiger partial charge is 0.325 e. The average Bonchev–Trinajstić information content (AvgIpc) is 2.36. The van der Waals surface area contributed by atoms with Crippen molar-refractivity contribution in [1.82, 2.24) is 5.32 Å². The molecule has 0 bridgehead atoms. The molecule has 0 radical (unpaired) electrons. The van der Waals surface area contributed by atoms with Crippen LogP contribution in [0.2, 0.25) is 0 Å². The summed E-state index contributed by atoms with van der Waals surface area (Å²) in [6.45, 7) is 1.37. The van der Waals surface area contributed by atoms with Crippen LogP contribution < -0.4 is 5.32 Å². The Kier molecular flexibility index (Phi) is 5.05. The number of carbonyl (C=O) groups is 3. The van der Waals surface area contributed by atoms with E-state index in [4.69, 9.17) is 5.11 Å². The van der Waals surface area contributed by atoms with E-state index in [-0.39, 0.29) is 18.6 Å². The predicted octanol–water partition coefficient (Wildman–Crippen LogP) is 1.24. The highest BCUT2D eigenvalue weighted by atomic mass is 16.4. The molecule has 0 fully saturated rings. The Morgan fingerprint density at radius 1 is 1.17 bits per heavy atom. The first-order valence-corrected chi connectivity index (χ1v) is 5.61. The number of nitrogens with one attached hydrogen (secondary N) is 1. The van der Waals surface area contributed by atoms with E-state index >= 15 is 0 Å². The Hall–Kier alpha value is -2.17. The number of hydrogen-bond acceptors (Lipinski definition) is 3. The van der Waals surface area contributed by atoms with E-state index in [1.165, 1.54) is 6.92 Å². The molecule has 0 saturated heterocycles. The predicted molar refractivity (Wildman–Crippen MR) is 65.2 cm³/mol. The van der Waals surface area contributed by atoms with Gasteiger partial charge in [-0.2, -0.15) is 0 Å². The van der Waals surface area contributed by atoms with Crippen molar-refractivity contribution in [2.45, 2.75) is 25.8 Å². The molecule has 0 spiro atoms. The zero-order valence-corrected chi connectivity index (χ0v) is 10.1. The molecule has 18 heavy (non-hydrogen) atoms. The summed E-state index contributed by atoms with van der Waals surface area (Å²) in [5.74, 6) is -1.67. The van der Waals surface area contributed by atoms with Crippen molar-refractivity contribution in [2.24, 2.45) is 0 Å². The Labute approximate surface area is 105 Å². The van der Waals surface area contributed by atoms with Gasteiger partial charge in [-0.3, -0.25) is 14.4 Å². The monoisotopic (exact) mass is 249 g/mol. The molecule has 0 unspecified atom stereocenters. The molecule has 0 aliphatic carbocycles. The fraction of sp³-hybridized carbons (Fsp3) is 0.308. The van der Waals surface area contributed by atoms with Gasteiger partial charge in [0.05, 0.1) is 0 Å². The van der Waals surface area contributed by atoms with Crippen molar-refractivity contribution >= 4 is 17.7 Å². The van der Waals surface area contributed by atoms with Gasteiger partial charge in [-0.15, -0.1) is 0 Å². The maximum absolute atomic E-state index is 11.7. The third kappa shape index (κ3) is 4.37. The number of carboxylic acid groups (broad SMARTS) is 1. The van der Waals surface area contributed by atoms with Gasteiger partial charge in [0.2, 0.25) is 5.91 Å². The van der Waals surface area contributed by atoms with Gasteiger partial charge in [0.15, 0.2) is 5.78 Å². The minimum Gasteiger partial charge on any atom is -0.480 e. The van der Waals surface area contributed by atoms with E-state index in [1.807, 2.05) is 0 Å². The Morgan fingerprint density at radius 2 is 1.78 bits per heavy atom. The highest BCUT2D eigenvalue weighted by Gasteiger charge is 2.15. The number of amides is 1.